The molecular formula is C9H17ClO5. The van der Waals surface area contributed by atoms with Crippen molar-refractivity contribution in [1.29, 1.82) is 0 Å². The number of aliphatic hydroxyl groups is 4. The van der Waals surface area contributed by atoms with Crippen LogP contribution in [0.1, 0.15) is 6.92 Å². The van der Waals surface area contributed by atoms with E-state index in [1.54, 1.807) is 6.08 Å². The standard InChI is InChI=1S/C6H12O5.C3H5Cl/c1-3(8)5(10)6(11)4(9)2-7;1-2-3-4/h2-6,8-11H,1H3;2H,1,3H2/t3-,4+,5+,6-;/m0./s1. The highest BCUT2D eigenvalue weighted by atomic mass is 35.5. The zero-order valence-corrected chi connectivity index (χ0v) is 9.21. The highest BCUT2D eigenvalue weighted by Crippen LogP contribution is 2.02. The Balaban J connectivity index is 0. The number of alkyl halides is 1. The van der Waals surface area contributed by atoms with Crippen LogP contribution in [0.15, 0.2) is 12.7 Å². The fraction of sp³-hybridized carbons (Fsp3) is 0.667. The number of halogens is 1. The van der Waals surface area contributed by atoms with Crippen LogP contribution < -0.4 is 0 Å². The average molecular weight is 241 g/mol. The minimum atomic E-state index is -1.65. The van der Waals surface area contributed by atoms with Gasteiger partial charge >= 0.3 is 0 Å². The van der Waals surface area contributed by atoms with Gasteiger partial charge in [-0.15, -0.1) is 18.2 Å². The lowest BCUT2D eigenvalue weighted by molar-refractivity contribution is -0.132. The molecule has 0 aromatic rings. The fourth-order valence-corrected chi connectivity index (χ4v) is 0.568. The summed E-state index contributed by atoms with van der Waals surface area (Å²) < 4.78 is 0. The largest absolute Gasteiger partial charge is 0.391 e. The van der Waals surface area contributed by atoms with Gasteiger partial charge in [0, 0.05) is 5.88 Å². The number of allylic oxidation sites excluding steroid dienone is 1. The molecule has 0 saturated heterocycles. The normalized spacial score (nSPS) is 17.7. The molecular weight excluding hydrogens is 224 g/mol. The summed E-state index contributed by atoms with van der Waals surface area (Å²) in [4.78, 5) is 9.87. The zero-order chi connectivity index (χ0) is 12.4. The van der Waals surface area contributed by atoms with E-state index in [4.69, 9.17) is 32.0 Å². The number of hydrogen-bond acceptors (Lipinski definition) is 5. The molecule has 0 rings (SSSR count). The Hall–Kier alpha value is -0.460. The quantitative estimate of drug-likeness (QED) is 0.283. The second-order valence-electron chi connectivity index (χ2n) is 2.79. The Labute approximate surface area is 93.6 Å². The SMILES string of the molecule is C=CCCl.C[C@H](O)[C@@H](O)[C@@H](O)[C@H](O)C=O. The van der Waals surface area contributed by atoms with E-state index >= 15 is 0 Å². The van der Waals surface area contributed by atoms with Gasteiger partial charge in [-0.3, -0.25) is 0 Å². The van der Waals surface area contributed by atoms with Gasteiger partial charge in [-0.25, -0.2) is 0 Å². The molecule has 0 aromatic carbocycles. The van der Waals surface area contributed by atoms with Crippen molar-refractivity contribution in [2.75, 3.05) is 5.88 Å². The summed E-state index contributed by atoms with van der Waals surface area (Å²) in [5.41, 5.74) is 0. The maximum atomic E-state index is 9.87. The van der Waals surface area contributed by atoms with Crippen molar-refractivity contribution >= 4 is 17.9 Å². The molecule has 0 saturated carbocycles. The van der Waals surface area contributed by atoms with Crippen molar-refractivity contribution in [2.45, 2.75) is 31.3 Å². The third-order valence-corrected chi connectivity index (χ3v) is 1.66. The second-order valence-corrected chi connectivity index (χ2v) is 3.10. The maximum absolute atomic E-state index is 9.87. The minimum absolute atomic E-state index is 0.0935. The number of rotatable bonds is 5. The number of carbonyl (C=O) groups is 1. The van der Waals surface area contributed by atoms with E-state index in [-0.39, 0.29) is 6.29 Å². The number of aldehydes is 1. The van der Waals surface area contributed by atoms with Crippen molar-refractivity contribution < 1.29 is 25.2 Å². The van der Waals surface area contributed by atoms with Gasteiger partial charge in [0.2, 0.25) is 0 Å². The van der Waals surface area contributed by atoms with Gasteiger partial charge < -0.3 is 25.2 Å². The summed E-state index contributed by atoms with van der Waals surface area (Å²) in [6.07, 6.45) is -4.24. The van der Waals surface area contributed by atoms with Gasteiger partial charge in [0.05, 0.1) is 6.10 Å². The van der Waals surface area contributed by atoms with Crippen molar-refractivity contribution in [3.05, 3.63) is 12.7 Å². The highest BCUT2D eigenvalue weighted by Gasteiger charge is 2.27. The molecule has 15 heavy (non-hydrogen) atoms. The van der Waals surface area contributed by atoms with Crippen LogP contribution in [0.2, 0.25) is 0 Å². The summed E-state index contributed by atoms with van der Waals surface area (Å²) >= 11 is 5.07. The predicted octanol–water partition coefficient (Wildman–Crippen LogP) is -0.940. The summed E-state index contributed by atoms with van der Waals surface area (Å²) in [6.45, 7) is 4.59. The zero-order valence-electron chi connectivity index (χ0n) is 8.45. The molecule has 5 nitrogen and oxygen atoms in total. The fourth-order valence-electron chi connectivity index (χ4n) is 0.568. The van der Waals surface area contributed by atoms with Crippen LogP contribution in [-0.4, -0.2) is 57.0 Å². The van der Waals surface area contributed by atoms with E-state index in [0.717, 1.165) is 0 Å². The first-order valence-electron chi connectivity index (χ1n) is 4.26. The Kier molecular flexibility index (Phi) is 11.4. The number of hydrogen-bond donors (Lipinski definition) is 4. The first kappa shape index (κ1) is 17.0. The molecule has 90 valence electrons. The van der Waals surface area contributed by atoms with Crippen molar-refractivity contribution in [2.24, 2.45) is 0 Å². The minimum Gasteiger partial charge on any atom is -0.391 e. The smallest absolute Gasteiger partial charge is 0.151 e. The van der Waals surface area contributed by atoms with Crippen molar-refractivity contribution in [1.82, 2.24) is 0 Å². The van der Waals surface area contributed by atoms with Crippen molar-refractivity contribution in [3.8, 4) is 0 Å². The lowest BCUT2D eigenvalue weighted by Gasteiger charge is -2.21. The Morgan fingerprint density at radius 3 is 1.87 bits per heavy atom. The summed E-state index contributed by atoms with van der Waals surface area (Å²) in [5, 5.41) is 35.1. The third-order valence-electron chi connectivity index (χ3n) is 1.44. The molecule has 6 heteroatoms. The molecule has 0 bridgehead atoms. The molecule has 0 fully saturated rings. The van der Waals surface area contributed by atoms with Crippen LogP contribution in [0.3, 0.4) is 0 Å². The molecule has 0 aliphatic carbocycles. The van der Waals surface area contributed by atoms with E-state index < -0.39 is 24.4 Å². The molecule has 4 atom stereocenters. The van der Waals surface area contributed by atoms with Crippen LogP contribution in [0.5, 0.6) is 0 Å². The van der Waals surface area contributed by atoms with Gasteiger partial charge in [-0.05, 0) is 6.92 Å². The Bertz CT molecular complexity index is 174. The van der Waals surface area contributed by atoms with Gasteiger partial charge in [0.15, 0.2) is 6.29 Å². The maximum Gasteiger partial charge on any atom is 0.151 e. The number of aliphatic hydroxyl groups excluding tert-OH is 4. The van der Waals surface area contributed by atoms with Gasteiger partial charge in [0.1, 0.15) is 18.3 Å². The number of carbonyl (C=O) groups excluding carboxylic acids is 1. The molecule has 0 amide bonds. The lowest BCUT2D eigenvalue weighted by Crippen LogP contribution is -2.43. The average Bonchev–Trinajstić information content (AvgIpc) is 2.25. The van der Waals surface area contributed by atoms with Gasteiger partial charge in [-0.2, -0.15) is 0 Å². The van der Waals surface area contributed by atoms with E-state index in [2.05, 4.69) is 6.58 Å². The summed E-state index contributed by atoms with van der Waals surface area (Å²) in [6, 6.07) is 0. The molecule has 0 aliphatic heterocycles. The predicted molar refractivity (Wildman–Crippen MR) is 56.7 cm³/mol. The Morgan fingerprint density at radius 2 is 1.67 bits per heavy atom. The second kappa shape index (κ2) is 10.1. The van der Waals surface area contributed by atoms with Crippen LogP contribution in [-0.2, 0) is 4.79 Å². The molecule has 0 heterocycles. The highest BCUT2D eigenvalue weighted by molar-refractivity contribution is 6.18. The van der Waals surface area contributed by atoms with Crippen LogP contribution >= 0.6 is 11.6 Å². The molecule has 0 aromatic heterocycles. The molecule has 0 unspecified atom stereocenters. The van der Waals surface area contributed by atoms with Crippen molar-refractivity contribution in [3.63, 3.8) is 0 Å². The van der Waals surface area contributed by atoms with Gasteiger partial charge in [0.25, 0.3) is 0 Å². The van der Waals surface area contributed by atoms with E-state index in [0.29, 0.717) is 5.88 Å². The summed E-state index contributed by atoms with van der Waals surface area (Å²) in [5.74, 6) is 0.556. The van der Waals surface area contributed by atoms with E-state index in [1.165, 1.54) is 6.92 Å². The molecule has 4 N–H and O–H groups in total. The van der Waals surface area contributed by atoms with Crippen LogP contribution in [0, 0.1) is 0 Å². The monoisotopic (exact) mass is 240 g/mol. The van der Waals surface area contributed by atoms with E-state index in [9.17, 15) is 4.79 Å². The molecule has 0 radical (unpaired) electrons. The van der Waals surface area contributed by atoms with Gasteiger partial charge in [-0.1, -0.05) is 6.08 Å². The first-order valence-corrected chi connectivity index (χ1v) is 4.80. The van der Waals surface area contributed by atoms with E-state index in [1.807, 2.05) is 0 Å². The topological polar surface area (TPSA) is 98.0 Å². The lowest BCUT2D eigenvalue weighted by atomic mass is 10.1. The molecule has 0 spiro atoms. The summed E-state index contributed by atoms with van der Waals surface area (Å²) in [7, 11) is 0. The van der Waals surface area contributed by atoms with Crippen LogP contribution in [0.4, 0.5) is 0 Å². The third kappa shape index (κ3) is 8.53. The Morgan fingerprint density at radius 1 is 1.27 bits per heavy atom. The molecule has 0 aliphatic rings. The van der Waals surface area contributed by atoms with Crippen LogP contribution in [0.25, 0.3) is 0 Å². The first-order chi connectivity index (χ1) is 6.92.